The van der Waals surface area contributed by atoms with Crippen molar-refractivity contribution in [1.82, 2.24) is 15.5 Å². The molecule has 1 aliphatic heterocycles. The van der Waals surface area contributed by atoms with Gasteiger partial charge in [0.25, 0.3) is 0 Å². The van der Waals surface area contributed by atoms with Crippen LogP contribution in [-0.4, -0.2) is 50.1 Å². The maximum atomic E-state index is 4.71. The van der Waals surface area contributed by atoms with Gasteiger partial charge in [0.05, 0.1) is 0 Å². The maximum Gasteiger partial charge on any atom is 0.191 e. The van der Waals surface area contributed by atoms with E-state index in [4.69, 9.17) is 4.99 Å². The fraction of sp³-hybridized carbons (Fsp3) is 0.933. The van der Waals surface area contributed by atoms with Crippen LogP contribution in [0.5, 0.6) is 0 Å². The molecule has 1 aliphatic rings. The average molecular weight is 268 g/mol. The van der Waals surface area contributed by atoms with Crippen LogP contribution in [0, 0.1) is 11.8 Å². The van der Waals surface area contributed by atoms with Gasteiger partial charge in [-0.15, -0.1) is 0 Å². The predicted molar refractivity (Wildman–Crippen MR) is 83.7 cm³/mol. The quantitative estimate of drug-likeness (QED) is 0.571. The van der Waals surface area contributed by atoms with E-state index in [9.17, 15) is 0 Å². The summed E-state index contributed by atoms with van der Waals surface area (Å²) in [5.74, 6) is 2.45. The second-order valence-electron chi connectivity index (χ2n) is 5.91. The van der Waals surface area contributed by atoms with E-state index < -0.39 is 0 Å². The van der Waals surface area contributed by atoms with Crippen LogP contribution in [0.2, 0.25) is 0 Å². The van der Waals surface area contributed by atoms with E-state index in [-0.39, 0.29) is 0 Å². The Morgan fingerprint density at radius 3 is 2.53 bits per heavy atom. The standard InChI is InChI=1S/C15H32N4/c1-5-16-15(17-6-2)18-10-14-8-7-9-19(12-14)11-13(3)4/h13-14H,5-12H2,1-4H3,(H2,16,17,18)/t14-/m0/s1. The Kier molecular flexibility index (Phi) is 7.87. The van der Waals surface area contributed by atoms with Gasteiger partial charge in [0, 0.05) is 32.7 Å². The normalized spacial score (nSPS) is 20.4. The summed E-state index contributed by atoms with van der Waals surface area (Å²) in [4.78, 5) is 7.31. The molecule has 1 atom stereocenters. The zero-order chi connectivity index (χ0) is 14.1. The number of nitrogens with zero attached hydrogens (tertiary/aromatic N) is 2. The molecule has 4 nitrogen and oxygen atoms in total. The molecule has 1 fully saturated rings. The van der Waals surface area contributed by atoms with E-state index in [0.717, 1.165) is 37.4 Å². The predicted octanol–water partition coefficient (Wildman–Crippen LogP) is 1.93. The zero-order valence-electron chi connectivity index (χ0n) is 13.2. The lowest BCUT2D eigenvalue weighted by molar-refractivity contribution is 0.162. The van der Waals surface area contributed by atoms with E-state index in [0.29, 0.717) is 0 Å². The maximum absolute atomic E-state index is 4.71. The molecule has 0 amide bonds. The van der Waals surface area contributed by atoms with Crippen molar-refractivity contribution in [2.75, 3.05) is 39.3 Å². The lowest BCUT2D eigenvalue weighted by atomic mass is 9.97. The number of rotatable bonds is 6. The van der Waals surface area contributed by atoms with Gasteiger partial charge in [0.15, 0.2) is 5.96 Å². The fourth-order valence-electron chi connectivity index (χ4n) is 2.71. The summed E-state index contributed by atoms with van der Waals surface area (Å²) in [7, 11) is 0. The van der Waals surface area contributed by atoms with Gasteiger partial charge in [-0.3, -0.25) is 4.99 Å². The Labute approximate surface area is 119 Å². The SMILES string of the molecule is CCNC(=NC[C@@H]1CCCN(CC(C)C)C1)NCC. The molecule has 0 saturated carbocycles. The second-order valence-corrected chi connectivity index (χ2v) is 5.91. The van der Waals surface area contributed by atoms with Crippen LogP contribution in [0.1, 0.15) is 40.5 Å². The second kappa shape index (κ2) is 9.18. The van der Waals surface area contributed by atoms with Crippen molar-refractivity contribution < 1.29 is 0 Å². The number of piperidine rings is 1. The highest BCUT2D eigenvalue weighted by Crippen LogP contribution is 2.17. The topological polar surface area (TPSA) is 39.7 Å². The number of guanidine groups is 1. The third kappa shape index (κ3) is 6.81. The van der Waals surface area contributed by atoms with E-state index in [2.05, 4.69) is 43.2 Å². The number of hydrogen-bond donors (Lipinski definition) is 2. The number of aliphatic imine (C=N–C) groups is 1. The van der Waals surface area contributed by atoms with Crippen molar-refractivity contribution in [2.24, 2.45) is 16.8 Å². The first-order valence-corrected chi connectivity index (χ1v) is 7.90. The van der Waals surface area contributed by atoms with Crippen LogP contribution < -0.4 is 10.6 Å². The molecule has 0 bridgehead atoms. The van der Waals surface area contributed by atoms with Gasteiger partial charge in [-0.25, -0.2) is 0 Å². The molecule has 2 N–H and O–H groups in total. The lowest BCUT2D eigenvalue weighted by Gasteiger charge is -2.33. The molecule has 0 aromatic heterocycles. The summed E-state index contributed by atoms with van der Waals surface area (Å²) in [6.45, 7) is 15.3. The summed E-state index contributed by atoms with van der Waals surface area (Å²) in [6.07, 6.45) is 2.65. The van der Waals surface area contributed by atoms with Gasteiger partial charge < -0.3 is 15.5 Å². The molecular weight excluding hydrogens is 236 g/mol. The zero-order valence-corrected chi connectivity index (χ0v) is 13.2. The highest BCUT2D eigenvalue weighted by molar-refractivity contribution is 5.79. The van der Waals surface area contributed by atoms with E-state index in [1.165, 1.54) is 32.5 Å². The minimum atomic E-state index is 0.722. The van der Waals surface area contributed by atoms with E-state index in [1.807, 2.05) is 0 Å². The highest BCUT2D eigenvalue weighted by Gasteiger charge is 2.20. The summed E-state index contributed by atoms with van der Waals surface area (Å²) < 4.78 is 0. The summed E-state index contributed by atoms with van der Waals surface area (Å²) in [6, 6.07) is 0. The molecule has 0 unspecified atom stereocenters. The number of nitrogens with one attached hydrogen (secondary N) is 2. The first-order chi connectivity index (χ1) is 9.15. The summed E-state index contributed by atoms with van der Waals surface area (Å²) >= 11 is 0. The van der Waals surface area contributed by atoms with Gasteiger partial charge in [0.1, 0.15) is 0 Å². The molecule has 0 spiro atoms. The van der Waals surface area contributed by atoms with Gasteiger partial charge in [-0.05, 0) is 45.1 Å². The molecule has 19 heavy (non-hydrogen) atoms. The molecule has 1 heterocycles. The minimum Gasteiger partial charge on any atom is -0.357 e. The van der Waals surface area contributed by atoms with Gasteiger partial charge in [0.2, 0.25) is 0 Å². The molecule has 4 heteroatoms. The molecule has 0 aromatic rings. The van der Waals surface area contributed by atoms with Crippen LogP contribution in [-0.2, 0) is 0 Å². The van der Waals surface area contributed by atoms with Crippen LogP contribution in [0.4, 0.5) is 0 Å². The van der Waals surface area contributed by atoms with Crippen molar-refractivity contribution in [2.45, 2.75) is 40.5 Å². The fourth-order valence-corrected chi connectivity index (χ4v) is 2.71. The van der Waals surface area contributed by atoms with Crippen molar-refractivity contribution in [3.8, 4) is 0 Å². The van der Waals surface area contributed by atoms with E-state index in [1.54, 1.807) is 0 Å². The van der Waals surface area contributed by atoms with Crippen molar-refractivity contribution in [3.63, 3.8) is 0 Å². The summed E-state index contributed by atoms with van der Waals surface area (Å²) in [5.41, 5.74) is 0. The lowest BCUT2D eigenvalue weighted by Crippen LogP contribution is -2.40. The molecule has 1 rings (SSSR count). The Bertz CT molecular complexity index is 255. The van der Waals surface area contributed by atoms with Crippen LogP contribution in [0.15, 0.2) is 4.99 Å². The van der Waals surface area contributed by atoms with Crippen LogP contribution in [0.25, 0.3) is 0 Å². The third-order valence-corrected chi connectivity index (χ3v) is 3.42. The van der Waals surface area contributed by atoms with Crippen LogP contribution >= 0.6 is 0 Å². The van der Waals surface area contributed by atoms with Crippen molar-refractivity contribution >= 4 is 5.96 Å². The van der Waals surface area contributed by atoms with Crippen molar-refractivity contribution in [3.05, 3.63) is 0 Å². The Hall–Kier alpha value is -0.770. The molecule has 0 radical (unpaired) electrons. The molecular formula is C15H32N4. The molecule has 112 valence electrons. The number of hydrogen-bond acceptors (Lipinski definition) is 2. The summed E-state index contributed by atoms with van der Waals surface area (Å²) in [5, 5.41) is 6.58. The highest BCUT2D eigenvalue weighted by atomic mass is 15.2. The molecule has 0 aliphatic carbocycles. The Balaban J connectivity index is 2.39. The monoisotopic (exact) mass is 268 g/mol. The third-order valence-electron chi connectivity index (χ3n) is 3.42. The Morgan fingerprint density at radius 2 is 1.95 bits per heavy atom. The van der Waals surface area contributed by atoms with E-state index >= 15 is 0 Å². The van der Waals surface area contributed by atoms with Gasteiger partial charge >= 0.3 is 0 Å². The Morgan fingerprint density at radius 1 is 1.26 bits per heavy atom. The van der Waals surface area contributed by atoms with Crippen molar-refractivity contribution in [1.29, 1.82) is 0 Å². The molecule has 0 aromatic carbocycles. The largest absolute Gasteiger partial charge is 0.357 e. The first-order valence-electron chi connectivity index (χ1n) is 7.90. The first kappa shape index (κ1) is 16.3. The smallest absolute Gasteiger partial charge is 0.191 e. The van der Waals surface area contributed by atoms with Gasteiger partial charge in [-0.1, -0.05) is 13.8 Å². The minimum absolute atomic E-state index is 0.722. The van der Waals surface area contributed by atoms with Crippen LogP contribution in [0.3, 0.4) is 0 Å². The number of likely N-dealkylation sites (tertiary alicyclic amines) is 1. The average Bonchev–Trinajstić information content (AvgIpc) is 2.36. The molecule has 1 saturated heterocycles. The van der Waals surface area contributed by atoms with Gasteiger partial charge in [-0.2, -0.15) is 0 Å².